The highest BCUT2D eigenvalue weighted by Gasteiger charge is 2.08. The third kappa shape index (κ3) is 5.08. The monoisotopic (exact) mass is 462 g/mol. The summed E-state index contributed by atoms with van der Waals surface area (Å²) >= 11 is 9.49. The van der Waals surface area contributed by atoms with Crippen molar-refractivity contribution in [2.24, 2.45) is 5.10 Å². The average Bonchev–Trinajstić information content (AvgIpc) is 2.75. The van der Waals surface area contributed by atoms with Gasteiger partial charge in [0.15, 0.2) is 11.6 Å². The molecule has 1 heterocycles. The van der Waals surface area contributed by atoms with E-state index in [-0.39, 0.29) is 0 Å². The van der Waals surface area contributed by atoms with Crippen molar-refractivity contribution >= 4 is 39.6 Å². The molecule has 0 aliphatic rings. The molecular formula is C23H16BrClN4. The summed E-state index contributed by atoms with van der Waals surface area (Å²) < 4.78 is 1.00. The van der Waals surface area contributed by atoms with Crippen molar-refractivity contribution in [3.05, 3.63) is 100.0 Å². The Morgan fingerprint density at radius 3 is 2.38 bits per heavy atom. The molecule has 142 valence electrons. The fourth-order valence-corrected chi connectivity index (χ4v) is 3.21. The highest BCUT2D eigenvalue weighted by atomic mass is 79.9. The van der Waals surface area contributed by atoms with Gasteiger partial charge in [-0.3, -0.25) is 5.43 Å². The van der Waals surface area contributed by atoms with Crippen LogP contribution in [-0.4, -0.2) is 16.2 Å². The van der Waals surface area contributed by atoms with Crippen LogP contribution in [0.15, 0.2) is 94.5 Å². The number of anilines is 1. The first kappa shape index (κ1) is 19.3. The summed E-state index contributed by atoms with van der Waals surface area (Å²) in [6.07, 6.45) is 1.70. The highest BCUT2D eigenvalue weighted by molar-refractivity contribution is 9.10. The summed E-state index contributed by atoms with van der Waals surface area (Å²) in [5.74, 6) is 1.23. The molecule has 0 aliphatic carbocycles. The molecule has 0 atom stereocenters. The van der Waals surface area contributed by atoms with E-state index in [9.17, 15) is 0 Å². The first-order valence-corrected chi connectivity index (χ1v) is 10.1. The normalized spacial score (nSPS) is 11.0. The highest BCUT2D eigenvalue weighted by Crippen LogP contribution is 2.25. The van der Waals surface area contributed by atoms with E-state index in [1.807, 2.05) is 84.9 Å². The fourth-order valence-electron chi connectivity index (χ4n) is 2.75. The van der Waals surface area contributed by atoms with Crippen LogP contribution < -0.4 is 5.43 Å². The van der Waals surface area contributed by atoms with Crippen LogP contribution in [0.2, 0.25) is 5.02 Å². The molecule has 3 aromatic carbocycles. The summed E-state index contributed by atoms with van der Waals surface area (Å²) in [6, 6.07) is 27.3. The van der Waals surface area contributed by atoms with Crippen LogP contribution in [-0.2, 0) is 0 Å². The number of aromatic nitrogens is 2. The minimum absolute atomic E-state index is 0.607. The van der Waals surface area contributed by atoms with Gasteiger partial charge in [0.05, 0.1) is 11.9 Å². The molecule has 0 aliphatic heterocycles. The van der Waals surface area contributed by atoms with Gasteiger partial charge in [-0.25, -0.2) is 9.97 Å². The standard InChI is InChI=1S/C23H16BrClN4/c24-19-11-9-18(10-12-19)23-27-21(17-6-2-1-3-7-17)14-22(28-23)29-26-15-16-5-4-8-20(25)13-16/h1-15H,(H,27,28,29)/b26-15+. The third-order valence-electron chi connectivity index (χ3n) is 4.14. The maximum atomic E-state index is 6.02. The minimum Gasteiger partial charge on any atom is -0.261 e. The molecule has 29 heavy (non-hydrogen) atoms. The number of benzene rings is 3. The summed E-state index contributed by atoms with van der Waals surface area (Å²) in [4.78, 5) is 9.38. The van der Waals surface area contributed by atoms with Gasteiger partial charge in [-0.15, -0.1) is 0 Å². The van der Waals surface area contributed by atoms with Crippen LogP contribution >= 0.6 is 27.5 Å². The molecule has 0 saturated carbocycles. The number of nitrogens with one attached hydrogen (secondary N) is 1. The lowest BCUT2D eigenvalue weighted by atomic mass is 10.1. The zero-order chi connectivity index (χ0) is 20.1. The quantitative estimate of drug-likeness (QED) is 0.265. The maximum Gasteiger partial charge on any atom is 0.162 e. The van der Waals surface area contributed by atoms with Crippen molar-refractivity contribution in [1.29, 1.82) is 0 Å². The smallest absolute Gasteiger partial charge is 0.162 e. The SMILES string of the molecule is Clc1cccc(/C=N/Nc2cc(-c3ccccc3)nc(-c3ccc(Br)cc3)n2)c1. The van der Waals surface area contributed by atoms with Crippen molar-refractivity contribution in [2.75, 3.05) is 5.43 Å². The molecule has 6 heteroatoms. The predicted molar refractivity (Wildman–Crippen MR) is 123 cm³/mol. The Morgan fingerprint density at radius 1 is 0.828 bits per heavy atom. The van der Waals surface area contributed by atoms with E-state index in [0.717, 1.165) is 26.9 Å². The lowest BCUT2D eigenvalue weighted by molar-refractivity contribution is 1.15. The molecule has 4 nitrogen and oxygen atoms in total. The number of rotatable bonds is 5. The molecule has 1 N–H and O–H groups in total. The van der Waals surface area contributed by atoms with Crippen molar-refractivity contribution in [1.82, 2.24) is 9.97 Å². The maximum absolute atomic E-state index is 6.02. The third-order valence-corrected chi connectivity index (χ3v) is 4.90. The van der Waals surface area contributed by atoms with Gasteiger partial charge in [-0.05, 0) is 29.8 Å². The molecule has 4 aromatic rings. The zero-order valence-corrected chi connectivity index (χ0v) is 17.6. The van der Waals surface area contributed by atoms with Crippen LogP contribution in [0, 0.1) is 0 Å². The van der Waals surface area contributed by atoms with Crippen molar-refractivity contribution < 1.29 is 0 Å². The number of nitrogens with zero attached hydrogens (tertiary/aromatic N) is 3. The Hall–Kier alpha value is -3.02. The Kier molecular flexibility index (Phi) is 5.98. The van der Waals surface area contributed by atoms with E-state index in [2.05, 4.69) is 31.4 Å². The van der Waals surface area contributed by atoms with Gasteiger partial charge in [-0.2, -0.15) is 5.10 Å². The minimum atomic E-state index is 0.607. The van der Waals surface area contributed by atoms with Gasteiger partial charge in [0.2, 0.25) is 0 Å². The molecule has 0 unspecified atom stereocenters. The molecule has 0 saturated heterocycles. The number of halogens is 2. The van der Waals surface area contributed by atoms with E-state index in [0.29, 0.717) is 16.7 Å². The van der Waals surface area contributed by atoms with E-state index in [1.165, 1.54) is 0 Å². The van der Waals surface area contributed by atoms with Crippen molar-refractivity contribution in [3.63, 3.8) is 0 Å². The average molecular weight is 464 g/mol. The second kappa shape index (κ2) is 8.99. The van der Waals surface area contributed by atoms with Gasteiger partial charge in [0.25, 0.3) is 0 Å². The molecule has 1 aromatic heterocycles. The Morgan fingerprint density at radius 2 is 1.62 bits per heavy atom. The molecule has 0 fully saturated rings. The van der Waals surface area contributed by atoms with Crippen molar-refractivity contribution in [3.8, 4) is 22.6 Å². The Labute approximate surface area is 182 Å². The van der Waals surface area contributed by atoms with Crippen LogP contribution in [0.5, 0.6) is 0 Å². The van der Waals surface area contributed by atoms with Gasteiger partial charge in [0, 0.05) is 26.7 Å². The topological polar surface area (TPSA) is 50.2 Å². The fraction of sp³-hybridized carbons (Fsp3) is 0. The van der Waals surface area contributed by atoms with Gasteiger partial charge >= 0.3 is 0 Å². The van der Waals surface area contributed by atoms with E-state index >= 15 is 0 Å². The number of hydrazone groups is 1. The molecule has 0 amide bonds. The molecule has 0 spiro atoms. The largest absolute Gasteiger partial charge is 0.261 e. The molecule has 0 radical (unpaired) electrons. The van der Waals surface area contributed by atoms with E-state index in [1.54, 1.807) is 6.21 Å². The van der Waals surface area contributed by atoms with Crippen molar-refractivity contribution in [2.45, 2.75) is 0 Å². The number of hydrogen-bond acceptors (Lipinski definition) is 4. The first-order chi connectivity index (χ1) is 14.2. The van der Waals surface area contributed by atoms with Crippen LogP contribution in [0.3, 0.4) is 0 Å². The van der Waals surface area contributed by atoms with Crippen LogP contribution in [0.4, 0.5) is 5.82 Å². The lowest BCUT2D eigenvalue weighted by Gasteiger charge is -2.08. The Balaban J connectivity index is 1.68. The summed E-state index contributed by atoms with van der Waals surface area (Å²) in [5, 5.41) is 4.97. The first-order valence-electron chi connectivity index (χ1n) is 8.92. The Bertz CT molecular complexity index is 1150. The zero-order valence-electron chi connectivity index (χ0n) is 15.3. The predicted octanol–water partition coefficient (Wildman–Crippen LogP) is 6.67. The second-order valence-electron chi connectivity index (χ2n) is 6.26. The van der Waals surface area contributed by atoms with Gasteiger partial charge in [0.1, 0.15) is 0 Å². The van der Waals surface area contributed by atoms with Crippen LogP contribution in [0.25, 0.3) is 22.6 Å². The number of hydrogen-bond donors (Lipinski definition) is 1. The van der Waals surface area contributed by atoms with E-state index in [4.69, 9.17) is 16.6 Å². The van der Waals surface area contributed by atoms with Crippen LogP contribution in [0.1, 0.15) is 5.56 Å². The van der Waals surface area contributed by atoms with Gasteiger partial charge < -0.3 is 0 Å². The summed E-state index contributed by atoms with van der Waals surface area (Å²) in [5.41, 5.74) is 6.66. The van der Waals surface area contributed by atoms with Gasteiger partial charge in [-0.1, -0.05) is 82.1 Å². The van der Waals surface area contributed by atoms with E-state index < -0.39 is 0 Å². The molecule has 4 rings (SSSR count). The second-order valence-corrected chi connectivity index (χ2v) is 7.61. The lowest BCUT2D eigenvalue weighted by Crippen LogP contribution is -1.99. The molecule has 0 bridgehead atoms. The summed E-state index contributed by atoms with van der Waals surface area (Å²) in [7, 11) is 0. The summed E-state index contributed by atoms with van der Waals surface area (Å²) in [6.45, 7) is 0. The molecular weight excluding hydrogens is 448 g/mol.